The molecule has 0 aromatic heterocycles. The molecule has 0 radical (unpaired) electrons. The first-order valence-electron chi connectivity index (χ1n) is 7.47. The van der Waals surface area contributed by atoms with Gasteiger partial charge in [-0.2, -0.15) is 0 Å². The van der Waals surface area contributed by atoms with Crippen molar-refractivity contribution in [2.75, 3.05) is 18.9 Å². The first-order valence-corrected chi connectivity index (χ1v) is 8.27. The zero-order valence-electron chi connectivity index (χ0n) is 12.4. The van der Waals surface area contributed by atoms with Crippen molar-refractivity contribution in [2.24, 2.45) is 11.8 Å². The number of nitrogens with one attached hydrogen (secondary N) is 1. The molecule has 1 amide bonds. The molecule has 4 N–H and O–H groups in total. The minimum atomic E-state index is -0.0947. The van der Waals surface area contributed by atoms with Crippen LogP contribution in [-0.4, -0.2) is 24.2 Å². The Labute approximate surface area is 134 Å². The molecule has 0 saturated heterocycles. The van der Waals surface area contributed by atoms with Gasteiger partial charge < -0.3 is 16.2 Å². The van der Waals surface area contributed by atoms with Gasteiger partial charge in [0.25, 0.3) is 5.91 Å². The lowest BCUT2D eigenvalue weighted by Gasteiger charge is -2.30. The summed E-state index contributed by atoms with van der Waals surface area (Å²) in [6.45, 7) is 2.69. The standard InChI is InChI=1S/C16H23BrN2O2/c1-10-14(6-13(17)7-15(10)18)16(21)19-8-11-4-2-3-5-12(11)9-20/h6-7,11-12,20H,2-5,8-9,18H2,1H3,(H,19,21). The Morgan fingerprint density at radius 1 is 1.38 bits per heavy atom. The average Bonchev–Trinajstić information content (AvgIpc) is 2.48. The van der Waals surface area contributed by atoms with Crippen LogP contribution in [0, 0.1) is 18.8 Å². The van der Waals surface area contributed by atoms with E-state index in [1.54, 1.807) is 12.1 Å². The van der Waals surface area contributed by atoms with E-state index in [1.165, 1.54) is 12.8 Å². The van der Waals surface area contributed by atoms with Gasteiger partial charge in [-0.1, -0.05) is 28.8 Å². The SMILES string of the molecule is Cc1c(N)cc(Br)cc1C(=O)NCC1CCCCC1CO. The summed E-state index contributed by atoms with van der Waals surface area (Å²) in [5, 5.41) is 12.4. The summed E-state index contributed by atoms with van der Waals surface area (Å²) in [6.07, 6.45) is 4.49. The maximum absolute atomic E-state index is 12.4. The van der Waals surface area contributed by atoms with E-state index in [-0.39, 0.29) is 12.5 Å². The molecule has 1 aliphatic rings. The summed E-state index contributed by atoms with van der Waals surface area (Å²) < 4.78 is 0.807. The van der Waals surface area contributed by atoms with Gasteiger partial charge in [0.15, 0.2) is 0 Å². The zero-order valence-corrected chi connectivity index (χ0v) is 13.9. The van der Waals surface area contributed by atoms with Crippen LogP contribution in [0.1, 0.15) is 41.6 Å². The highest BCUT2D eigenvalue weighted by Crippen LogP contribution is 2.29. The monoisotopic (exact) mass is 354 g/mol. The van der Waals surface area contributed by atoms with E-state index in [2.05, 4.69) is 21.2 Å². The van der Waals surface area contributed by atoms with E-state index in [0.717, 1.165) is 22.9 Å². The van der Waals surface area contributed by atoms with Gasteiger partial charge in [0.1, 0.15) is 0 Å². The highest BCUT2D eigenvalue weighted by molar-refractivity contribution is 9.10. The molecule has 21 heavy (non-hydrogen) atoms. The molecule has 116 valence electrons. The predicted molar refractivity (Wildman–Crippen MR) is 88.2 cm³/mol. The molecule has 1 fully saturated rings. The lowest BCUT2D eigenvalue weighted by Crippen LogP contribution is -2.35. The van der Waals surface area contributed by atoms with Gasteiger partial charge in [-0.25, -0.2) is 0 Å². The Morgan fingerprint density at radius 3 is 2.71 bits per heavy atom. The largest absolute Gasteiger partial charge is 0.398 e. The topological polar surface area (TPSA) is 75.4 Å². The number of carbonyl (C=O) groups is 1. The molecule has 0 bridgehead atoms. The van der Waals surface area contributed by atoms with E-state index in [1.807, 2.05) is 6.92 Å². The summed E-state index contributed by atoms with van der Waals surface area (Å²) in [7, 11) is 0. The first-order chi connectivity index (χ1) is 10.0. The number of aliphatic hydroxyl groups excluding tert-OH is 1. The molecule has 1 aromatic carbocycles. The number of rotatable bonds is 4. The predicted octanol–water partition coefficient (Wildman–Crippen LogP) is 2.87. The first kappa shape index (κ1) is 16.3. The van der Waals surface area contributed by atoms with Crippen molar-refractivity contribution >= 4 is 27.5 Å². The Balaban J connectivity index is 2.01. The van der Waals surface area contributed by atoms with E-state index in [0.29, 0.717) is 29.6 Å². The normalized spacial score (nSPS) is 22.0. The Bertz CT molecular complexity index is 519. The summed E-state index contributed by atoms with van der Waals surface area (Å²) >= 11 is 3.37. The van der Waals surface area contributed by atoms with E-state index in [4.69, 9.17) is 5.73 Å². The van der Waals surface area contributed by atoms with Crippen LogP contribution >= 0.6 is 15.9 Å². The fourth-order valence-corrected chi connectivity index (χ4v) is 3.52. The second kappa shape index (κ2) is 7.27. The summed E-state index contributed by atoms with van der Waals surface area (Å²) in [5.41, 5.74) is 7.92. The van der Waals surface area contributed by atoms with Gasteiger partial charge >= 0.3 is 0 Å². The van der Waals surface area contributed by atoms with Crippen LogP contribution in [0.25, 0.3) is 0 Å². The minimum Gasteiger partial charge on any atom is -0.398 e. The van der Waals surface area contributed by atoms with Gasteiger partial charge in [0.05, 0.1) is 0 Å². The van der Waals surface area contributed by atoms with Crippen LogP contribution in [0.2, 0.25) is 0 Å². The van der Waals surface area contributed by atoms with Crippen LogP contribution in [-0.2, 0) is 0 Å². The quantitative estimate of drug-likeness (QED) is 0.727. The second-order valence-corrected chi connectivity index (χ2v) is 6.78. The van der Waals surface area contributed by atoms with Gasteiger partial charge in [-0.3, -0.25) is 4.79 Å². The molecular formula is C16H23BrN2O2. The number of aliphatic hydroxyl groups is 1. The van der Waals surface area contributed by atoms with Crippen LogP contribution in [0.15, 0.2) is 16.6 Å². The number of carbonyl (C=O) groups excluding carboxylic acids is 1. The maximum Gasteiger partial charge on any atom is 0.251 e. The molecule has 2 rings (SSSR count). The second-order valence-electron chi connectivity index (χ2n) is 5.86. The summed E-state index contributed by atoms with van der Waals surface area (Å²) in [5.74, 6) is 0.591. The lowest BCUT2D eigenvalue weighted by atomic mass is 9.79. The van der Waals surface area contributed by atoms with Gasteiger partial charge in [0, 0.05) is 28.9 Å². The fourth-order valence-electron chi connectivity index (χ4n) is 3.05. The van der Waals surface area contributed by atoms with E-state index >= 15 is 0 Å². The molecule has 0 spiro atoms. The van der Waals surface area contributed by atoms with Crippen molar-refractivity contribution in [3.63, 3.8) is 0 Å². The number of nitrogens with two attached hydrogens (primary N) is 1. The number of nitrogen functional groups attached to an aromatic ring is 1. The van der Waals surface area contributed by atoms with Crippen molar-refractivity contribution < 1.29 is 9.90 Å². The molecule has 1 aromatic rings. The highest BCUT2D eigenvalue weighted by atomic mass is 79.9. The molecule has 5 heteroatoms. The minimum absolute atomic E-state index is 0.0947. The summed E-state index contributed by atoms with van der Waals surface area (Å²) in [6, 6.07) is 3.60. The molecule has 4 nitrogen and oxygen atoms in total. The van der Waals surface area contributed by atoms with Crippen LogP contribution < -0.4 is 11.1 Å². The third-order valence-corrected chi connectivity index (χ3v) is 4.94. The van der Waals surface area contributed by atoms with E-state index < -0.39 is 0 Å². The van der Waals surface area contributed by atoms with E-state index in [9.17, 15) is 9.90 Å². The Hall–Kier alpha value is -1.07. The third-order valence-electron chi connectivity index (χ3n) is 4.48. The fraction of sp³-hybridized carbons (Fsp3) is 0.562. The third kappa shape index (κ3) is 3.98. The van der Waals surface area contributed by atoms with Crippen LogP contribution in [0.5, 0.6) is 0 Å². The van der Waals surface area contributed by atoms with Gasteiger partial charge in [-0.15, -0.1) is 0 Å². The lowest BCUT2D eigenvalue weighted by molar-refractivity contribution is 0.0908. The van der Waals surface area contributed by atoms with Gasteiger partial charge in [0.2, 0.25) is 0 Å². The number of hydrogen-bond acceptors (Lipinski definition) is 3. The zero-order chi connectivity index (χ0) is 15.4. The average molecular weight is 355 g/mol. The number of hydrogen-bond donors (Lipinski definition) is 3. The summed E-state index contributed by atoms with van der Waals surface area (Å²) in [4.78, 5) is 12.4. The maximum atomic E-state index is 12.4. The molecule has 1 aliphatic carbocycles. The van der Waals surface area contributed by atoms with Crippen molar-refractivity contribution in [3.8, 4) is 0 Å². The molecule has 1 saturated carbocycles. The van der Waals surface area contributed by atoms with Crippen molar-refractivity contribution in [2.45, 2.75) is 32.6 Å². The molecule has 2 atom stereocenters. The molecular weight excluding hydrogens is 332 g/mol. The van der Waals surface area contributed by atoms with Crippen molar-refractivity contribution in [3.05, 3.63) is 27.7 Å². The van der Waals surface area contributed by atoms with Gasteiger partial charge in [-0.05, 0) is 49.3 Å². The Kier molecular flexibility index (Phi) is 5.65. The molecule has 0 aliphatic heterocycles. The Morgan fingerprint density at radius 2 is 2.05 bits per heavy atom. The number of amides is 1. The smallest absolute Gasteiger partial charge is 0.251 e. The molecule has 2 unspecified atom stereocenters. The number of anilines is 1. The molecule has 0 heterocycles. The van der Waals surface area contributed by atoms with Crippen LogP contribution in [0.3, 0.4) is 0 Å². The highest BCUT2D eigenvalue weighted by Gasteiger charge is 2.25. The van der Waals surface area contributed by atoms with Crippen molar-refractivity contribution in [1.82, 2.24) is 5.32 Å². The van der Waals surface area contributed by atoms with Crippen molar-refractivity contribution in [1.29, 1.82) is 0 Å². The number of benzene rings is 1. The number of halogens is 1. The van der Waals surface area contributed by atoms with Crippen LogP contribution in [0.4, 0.5) is 5.69 Å².